The molecule has 2 N–H and O–H groups in total. The van der Waals surface area contributed by atoms with Gasteiger partial charge in [-0.1, -0.05) is 12.8 Å². The number of carbonyl (C=O) groups excluding carboxylic acids is 1. The third-order valence-corrected chi connectivity index (χ3v) is 2.99. The summed E-state index contributed by atoms with van der Waals surface area (Å²) in [7, 11) is 0. The third kappa shape index (κ3) is 2.75. The Morgan fingerprint density at radius 3 is 2.88 bits per heavy atom. The lowest BCUT2D eigenvalue weighted by Crippen LogP contribution is -2.25. The fourth-order valence-corrected chi connectivity index (χ4v) is 1.79. The van der Waals surface area contributed by atoms with Gasteiger partial charge in [0.15, 0.2) is 0 Å². The number of hydrogen-bond acceptors (Lipinski definition) is 2. The lowest BCUT2D eigenvalue weighted by atomic mass is 10.1. The Bertz CT molecular complexity index is 397. The van der Waals surface area contributed by atoms with Crippen LogP contribution in [0.5, 0.6) is 5.75 Å². The van der Waals surface area contributed by atoms with Gasteiger partial charge in [0.2, 0.25) is 0 Å². The number of phenols is 1. The number of hydrogen-bond donors (Lipinski definition) is 2. The van der Waals surface area contributed by atoms with Crippen molar-refractivity contribution in [2.24, 2.45) is 5.92 Å². The highest BCUT2D eigenvalue weighted by atomic mass is 16.3. The van der Waals surface area contributed by atoms with Crippen molar-refractivity contribution < 1.29 is 9.90 Å². The summed E-state index contributed by atoms with van der Waals surface area (Å²) in [4.78, 5) is 11.8. The minimum Gasteiger partial charge on any atom is -0.508 e. The summed E-state index contributed by atoms with van der Waals surface area (Å²) in [5.74, 6) is 0.992. The molecule has 0 heterocycles. The summed E-state index contributed by atoms with van der Waals surface area (Å²) in [6.07, 6.45) is 3.71. The van der Waals surface area contributed by atoms with Gasteiger partial charge in [0.25, 0.3) is 5.91 Å². The molecule has 16 heavy (non-hydrogen) atoms. The van der Waals surface area contributed by atoms with E-state index >= 15 is 0 Å². The van der Waals surface area contributed by atoms with Gasteiger partial charge < -0.3 is 10.4 Å². The van der Waals surface area contributed by atoms with E-state index in [1.807, 2.05) is 6.92 Å². The summed E-state index contributed by atoms with van der Waals surface area (Å²) in [5, 5.41) is 12.2. The van der Waals surface area contributed by atoms with Gasteiger partial charge in [-0.25, -0.2) is 0 Å². The minimum atomic E-state index is -0.0434. The second-order valence-corrected chi connectivity index (χ2v) is 4.49. The van der Waals surface area contributed by atoms with Crippen LogP contribution in [0.2, 0.25) is 0 Å². The molecule has 0 spiro atoms. The molecule has 1 amide bonds. The Morgan fingerprint density at radius 2 is 2.25 bits per heavy atom. The zero-order valence-corrected chi connectivity index (χ0v) is 9.49. The maximum absolute atomic E-state index is 11.8. The average molecular weight is 219 g/mol. The minimum absolute atomic E-state index is 0.0434. The molecule has 0 unspecified atom stereocenters. The summed E-state index contributed by atoms with van der Waals surface area (Å²) in [5.41, 5.74) is 1.46. The molecule has 0 radical (unpaired) electrons. The van der Waals surface area contributed by atoms with E-state index in [9.17, 15) is 9.90 Å². The first-order valence-electron chi connectivity index (χ1n) is 5.74. The first kappa shape index (κ1) is 11.0. The predicted molar refractivity (Wildman–Crippen MR) is 62.5 cm³/mol. The summed E-state index contributed by atoms with van der Waals surface area (Å²) in [6, 6.07) is 4.82. The largest absolute Gasteiger partial charge is 0.508 e. The molecule has 3 heteroatoms. The van der Waals surface area contributed by atoms with Crippen LogP contribution in [-0.2, 0) is 0 Å². The van der Waals surface area contributed by atoms with Crippen LogP contribution >= 0.6 is 0 Å². The Hall–Kier alpha value is -1.51. The molecule has 0 aliphatic heterocycles. The van der Waals surface area contributed by atoms with E-state index in [1.165, 1.54) is 12.8 Å². The number of aryl methyl sites for hydroxylation is 1. The maximum atomic E-state index is 11.8. The molecule has 0 aromatic heterocycles. The molecule has 1 aliphatic rings. The Morgan fingerprint density at radius 1 is 1.50 bits per heavy atom. The summed E-state index contributed by atoms with van der Waals surface area (Å²) in [6.45, 7) is 2.58. The van der Waals surface area contributed by atoms with Gasteiger partial charge in [-0.3, -0.25) is 4.79 Å². The van der Waals surface area contributed by atoms with E-state index in [1.54, 1.807) is 18.2 Å². The number of carbonyl (C=O) groups is 1. The number of nitrogens with one attached hydrogen (secondary N) is 1. The number of phenolic OH excluding ortho intramolecular Hbond substituents is 1. The van der Waals surface area contributed by atoms with Gasteiger partial charge in [0, 0.05) is 12.1 Å². The molecule has 1 aromatic rings. The molecule has 86 valence electrons. The van der Waals surface area contributed by atoms with Crippen LogP contribution in [0.15, 0.2) is 18.2 Å². The fourth-order valence-electron chi connectivity index (χ4n) is 1.79. The van der Waals surface area contributed by atoms with Crippen LogP contribution in [0.4, 0.5) is 0 Å². The van der Waals surface area contributed by atoms with Crippen LogP contribution in [0.3, 0.4) is 0 Å². The predicted octanol–water partition coefficient (Wildman–Crippen LogP) is 2.23. The lowest BCUT2D eigenvalue weighted by Gasteiger charge is -2.07. The topological polar surface area (TPSA) is 49.3 Å². The van der Waals surface area contributed by atoms with E-state index in [0.717, 1.165) is 24.4 Å². The standard InChI is InChI=1S/C13H17NO2/c1-9-8-11(15)4-5-12(9)13(16)14-7-6-10-2-3-10/h4-5,8,10,15H,2-3,6-7H2,1H3,(H,14,16). The first-order valence-corrected chi connectivity index (χ1v) is 5.74. The van der Waals surface area contributed by atoms with Crippen molar-refractivity contribution in [2.45, 2.75) is 26.2 Å². The molecule has 1 saturated carbocycles. The molecule has 1 aliphatic carbocycles. The Labute approximate surface area is 95.5 Å². The van der Waals surface area contributed by atoms with Crippen LogP contribution < -0.4 is 5.32 Å². The van der Waals surface area contributed by atoms with Gasteiger partial charge in [0.05, 0.1) is 0 Å². The first-order chi connectivity index (χ1) is 7.66. The highest BCUT2D eigenvalue weighted by Gasteiger charge is 2.20. The van der Waals surface area contributed by atoms with Crippen LogP contribution in [0, 0.1) is 12.8 Å². The Kier molecular flexibility index (Phi) is 3.13. The van der Waals surface area contributed by atoms with Gasteiger partial charge in [-0.15, -0.1) is 0 Å². The third-order valence-electron chi connectivity index (χ3n) is 2.99. The highest BCUT2D eigenvalue weighted by Crippen LogP contribution is 2.31. The SMILES string of the molecule is Cc1cc(O)ccc1C(=O)NCCC1CC1. The monoisotopic (exact) mass is 219 g/mol. The molecule has 1 aromatic carbocycles. The Balaban J connectivity index is 1.91. The fraction of sp³-hybridized carbons (Fsp3) is 0.462. The second kappa shape index (κ2) is 4.56. The van der Waals surface area contributed by atoms with Gasteiger partial charge in [-0.05, 0) is 43.0 Å². The van der Waals surface area contributed by atoms with E-state index in [2.05, 4.69) is 5.32 Å². The maximum Gasteiger partial charge on any atom is 0.251 e. The van der Waals surface area contributed by atoms with Crippen molar-refractivity contribution in [1.29, 1.82) is 0 Å². The highest BCUT2D eigenvalue weighted by molar-refractivity contribution is 5.95. The summed E-state index contributed by atoms with van der Waals surface area (Å²) < 4.78 is 0. The van der Waals surface area contributed by atoms with Crippen molar-refractivity contribution >= 4 is 5.91 Å². The van der Waals surface area contributed by atoms with Crippen molar-refractivity contribution in [3.63, 3.8) is 0 Å². The smallest absolute Gasteiger partial charge is 0.251 e. The van der Waals surface area contributed by atoms with Gasteiger partial charge in [-0.2, -0.15) is 0 Å². The van der Waals surface area contributed by atoms with Crippen LogP contribution in [0.1, 0.15) is 35.2 Å². The molecule has 0 atom stereocenters. The number of benzene rings is 1. The molecule has 1 fully saturated rings. The van der Waals surface area contributed by atoms with Crippen LogP contribution in [-0.4, -0.2) is 17.6 Å². The number of aromatic hydroxyl groups is 1. The zero-order chi connectivity index (χ0) is 11.5. The van der Waals surface area contributed by atoms with Gasteiger partial charge >= 0.3 is 0 Å². The van der Waals surface area contributed by atoms with Crippen molar-refractivity contribution in [1.82, 2.24) is 5.32 Å². The molecular formula is C13H17NO2. The number of amides is 1. The quantitative estimate of drug-likeness (QED) is 0.815. The van der Waals surface area contributed by atoms with Crippen molar-refractivity contribution in [3.05, 3.63) is 29.3 Å². The molecule has 3 nitrogen and oxygen atoms in total. The van der Waals surface area contributed by atoms with Crippen molar-refractivity contribution in [3.8, 4) is 5.75 Å². The van der Waals surface area contributed by atoms with Gasteiger partial charge in [0.1, 0.15) is 5.75 Å². The van der Waals surface area contributed by atoms with Crippen molar-refractivity contribution in [2.75, 3.05) is 6.54 Å². The normalized spacial score (nSPS) is 14.8. The average Bonchev–Trinajstić information content (AvgIpc) is 3.01. The van der Waals surface area contributed by atoms with E-state index in [4.69, 9.17) is 0 Å². The van der Waals surface area contributed by atoms with E-state index in [0.29, 0.717) is 5.56 Å². The molecule has 0 saturated heterocycles. The molecular weight excluding hydrogens is 202 g/mol. The molecule has 0 bridgehead atoms. The van der Waals surface area contributed by atoms with E-state index < -0.39 is 0 Å². The zero-order valence-electron chi connectivity index (χ0n) is 9.49. The summed E-state index contributed by atoms with van der Waals surface area (Å²) >= 11 is 0. The number of rotatable bonds is 4. The molecule has 2 rings (SSSR count). The second-order valence-electron chi connectivity index (χ2n) is 4.49. The lowest BCUT2D eigenvalue weighted by molar-refractivity contribution is 0.0952. The van der Waals surface area contributed by atoms with E-state index in [-0.39, 0.29) is 11.7 Å². The van der Waals surface area contributed by atoms with Crippen LogP contribution in [0.25, 0.3) is 0 Å².